The highest BCUT2D eigenvalue weighted by Crippen LogP contribution is 2.22. The summed E-state index contributed by atoms with van der Waals surface area (Å²) < 4.78 is 5.05. The molecule has 0 spiro atoms. The largest absolute Gasteiger partial charge is 0.466 e. The fourth-order valence-electron chi connectivity index (χ4n) is 2.06. The highest BCUT2D eigenvalue weighted by molar-refractivity contribution is 5.71. The molecule has 1 atom stereocenters. The molecule has 20 heavy (non-hydrogen) atoms. The van der Waals surface area contributed by atoms with E-state index in [1.165, 1.54) is 0 Å². The molecule has 0 unspecified atom stereocenters. The highest BCUT2D eigenvalue weighted by Gasteiger charge is 2.16. The van der Waals surface area contributed by atoms with Crippen molar-refractivity contribution in [3.05, 3.63) is 66.2 Å². The van der Waals surface area contributed by atoms with Crippen LogP contribution >= 0.6 is 0 Å². The molecule has 3 heteroatoms. The van der Waals surface area contributed by atoms with Crippen molar-refractivity contribution in [1.82, 2.24) is 0 Å². The molecule has 0 aliphatic heterocycles. The number of benzene rings is 2. The molecule has 2 aromatic rings. The predicted octanol–water partition coefficient (Wildman–Crippen LogP) is 3.79. The van der Waals surface area contributed by atoms with Crippen LogP contribution in [0.5, 0.6) is 0 Å². The molecule has 0 saturated carbocycles. The van der Waals surface area contributed by atoms with Crippen molar-refractivity contribution in [1.29, 1.82) is 0 Å². The average molecular weight is 269 g/mol. The quantitative estimate of drug-likeness (QED) is 0.811. The fraction of sp³-hybridized carbons (Fsp3) is 0.235. The first kappa shape index (κ1) is 14.1. The van der Waals surface area contributed by atoms with Gasteiger partial charge in [0.2, 0.25) is 0 Å². The molecule has 0 heterocycles. The lowest BCUT2D eigenvalue weighted by Crippen LogP contribution is -2.17. The van der Waals surface area contributed by atoms with Gasteiger partial charge in [-0.3, -0.25) is 4.79 Å². The zero-order valence-electron chi connectivity index (χ0n) is 11.6. The summed E-state index contributed by atoms with van der Waals surface area (Å²) in [6, 6.07) is 19.7. The molecule has 3 nitrogen and oxygen atoms in total. The predicted molar refractivity (Wildman–Crippen MR) is 80.5 cm³/mol. The maximum atomic E-state index is 11.8. The summed E-state index contributed by atoms with van der Waals surface area (Å²) in [5.41, 5.74) is 2.06. The third-order valence-corrected chi connectivity index (χ3v) is 2.99. The van der Waals surface area contributed by atoms with Gasteiger partial charge in [-0.1, -0.05) is 48.5 Å². The summed E-state index contributed by atoms with van der Waals surface area (Å²) in [5, 5.41) is 3.38. The Bertz CT molecular complexity index is 525. The first-order valence-corrected chi connectivity index (χ1v) is 6.81. The van der Waals surface area contributed by atoms with Crippen LogP contribution in [0.2, 0.25) is 0 Å². The van der Waals surface area contributed by atoms with Crippen LogP contribution in [0, 0.1) is 0 Å². The van der Waals surface area contributed by atoms with Crippen LogP contribution in [0.15, 0.2) is 60.7 Å². The van der Waals surface area contributed by atoms with Crippen LogP contribution in [0.25, 0.3) is 0 Å². The lowest BCUT2D eigenvalue weighted by atomic mass is 10.0. The topological polar surface area (TPSA) is 38.3 Å². The normalized spacial score (nSPS) is 11.7. The van der Waals surface area contributed by atoms with Crippen LogP contribution in [0.1, 0.15) is 24.9 Å². The molecule has 2 aromatic carbocycles. The van der Waals surface area contributed by atoms with E-state index in [-0.39, 0.29) is 12.0 Å². The molecule has 0 aromatic heterocycles. The number of rotatable bonds is 6. The molecule has 0 aliphatic rings. The second-order valence-electron chi connectivity index (χ2n) is 4.48. The number of carbonyl (C=O) groups excluding carboxylic acids is 1. The van der Waals surface area contributed by atoms with Crippen molar-refractivity contribution in [2.24, 2.45) is 0 Å². The van der Waals surface area contributed by atoms with Crippen LogP contribution in [0.3, 0.4) is 0 Å². The van der Waals surface area contributed by atoms with Gasteiger partial charge in [-0.2, -0.15) is 0 Å². The highest BCUT2D eigenvalue weighted by atomic mass is 16.5. The Morgan fingerprint density at radius 1 is 1.05 bits per heavy atom. The summed E-state index contributed by atoms with van der Waals surface area (Å²) in [4.78, 5) is 11.8. The molecule has 0 amide bonds. The van der Waals surface area contributed by atoms with Crippen molar-refractivity contribution in [2.75, 3.05) is 11.9 Å². The number of hydrogen-bond donors (Lipinski definition) is 1. The van der Waals surface area contributed by atoms with Crippen LogP contribution in [-0.2, 0) is 9.53 Å². The van der Waals surface area contributed by atoms with Crippen LogP contribution in [0.4, 0.5) is 5.69 Å². The molecule has 0 saturated heterocycles. The summed E-state index contributed by atoms with van der Waals surface area (Å²) in [6.45, 7) is 2.23. The molecule has 0 aliphatic carbocycles. The fourth-order valence-corrected chi connectivity index (χ4v) is 2.06. The van der Waals surface area contributed by atoms with Crippen molar-refractivity contribution in [3.63, 3.8) is 0 Å². The molecule has 0 bridgehead atoms. The Hall–Kier alpha value is -2.29. The number of ether oxygens (including phenoxy) is 1. The first-order valence-electron chi connectivity index (χ1n) is 6.81. The van der Waals surface area contributed by atoms with E-state index in [9.17, 15) is 4.79 Å². The van der Waals surface area contributed by atoms with E-state index in [2.05, 4.69) is 5.32 Å². The van der Waals surface area contributed by atoms with E-state index in [1.54, 1.807) is 0 Å². The second kappa shape index (κ2) is 7.34. The SMILES string of the molecule is CCOC(=O)C[C@H](Nc1ccccc1)c1ccccc1. The smallest absolute Gasteiger partial charge is 0.308 e. The zero-order valence-corrected chi connectivity index (χ0v) is 11.6. The van der Waals surface area contributed by atoms with Crippen molar-refractivity contribution >= 4 is 11.7 Å². The van der Waals surface area contributed by atoms with E-state index in [0.717, 1.165) is 11.3 Å². The van der Waals surface area contributed by atoms with E-state index in [4.69, 9.17) is 4.74 Å². The third kappa shape index (κ3) is 4.12. The minimum atomic E-state index is -0.190. The van der Waals surface area contributed by atoms with Crippen molar-refractivity contribution < 1.29 is 9.53 Å². The number of hydrogen-bond acceptors (Lipinski definition) is 3. The van der Waals surface area contributed by atoms with Gasteiger partial charge in [0.25, 0.3) is 0 Å². The Morgan fingerprint density at radius 2 is 1.65 bits per heavy atom. The average Bonchev–Trinajstić information content (AvgIpc) is 2.49. The Kier molecular flexibility index (Phi) is 5.18. The van der Waals surface area contributed by atoms with Gasteiger partial charge in [0.05, 0.1) is 19.1 Å². The molecule has 2 rings (SSSR count). The second-order valence-corrected chi connectivity index (χ2v) is 4.48. The van der Waals surface area contributed by atoms with Crippen molar-refractivity contribution in [2.45, 2.75) is 19.4 Å². The summed E-state index contributed by atoms with van der Waals surface area (Å²) in [6.07, 6.45) is 0.312. The number of para-hydroxylation sites is 1. The van der Waals surface area contributed by atoms with Crippen LogP contribution in [-0.4, -0.2) is 12.6 Å². The number of nitrogens with one attached hydrogen (secondary N) is 1. The molecule has 0 fully saturated rings. The standard InChI is InChI=1S/C17H19NO2/c1-2-20-17(19)13-16(14-9-5-3-6-10-14)18-15-11-7-4-8-12-15/h3-12,16,18H,2,13H2,1H3/t16-/m0/s1. The first-order chi connectivity index (χ1) is 9.79. The lowest BCUT2D eigenvalue weighted by Gasteiger charge is -2.19. The van der Waals surface area contributed by atoms with Crippen LogP contribution < -0.4 is 5.32 Å². The van der Waals surface area contributed by atoms with Gasteiger partial charge in [-0.25, -0.2) is 0 Å². The van der Waals surface area contributed by atoms with Crippen molar-refractivity contribution in [3.8, 4) is 0 Å². The van der Waals surface area contributed by atoms with Gasteiger partial charge >= 0.3 is 5.97 Å². The monoisotopic (exact) mass is 269 g/mol. The number of esters is 1. The number of carbonyl (C=O) groups is 1. The van der Waals surface area contributed by atoms with Gasteiger partial charge in [-0.15, -0.1) is 0 Å². The summed E-state index contributed by atoms with van der Waals surface area (Å²) in [7, 11) is 0. The molecule has 104 valence electrons. The van der Waals surface area contributed by atoms with Gasteiger partial charge in [0.1, 0.15) is 0 Å². The maximum absolute atomic E-state index is 11.8. The van der Waals surface area contributed by atoms with E-state index >= 15 is 0 Å². The van der Waals surface area contributed by atoms with Gasteiger partial charge in [0, 0.05) is 5.69 Å². The summed E-state index contributed by atoms with van der Waals surface area (Å²) >= 11 is 0. The molecular weight excluding hydrogens is 250 g/mol. The van der Waals surface area contributed by atoms with E-state index in [0.29, 0.717) is 13.0 Å². The lowest BCUT2D eigenvalue weighted by molar-refractivity contribution is -0.143. The zero-order chi connectivity index (χ0) is 14.2. The van der Waals surface area contributed by atoms with E-state index < -0.39 is 0 Å². The van der Waals surface area contributed by atoms with Gasteiger partial charge in [0.15, 0.2) is 0 Å². The Labute approximate surface area is 119 Å². The summed E-state index contributed by atoms with van der Waals surface area (Å²) in [5.74, 6) is -0.190. The minimum absolute atomic E-state index is 0.0855. The minimum Gasteiger partial charge on any atom is -0.466 e. The molecule has 0 radical (unpaired) electrons. The number of anilines is 1. The Balaban J connectivity index is 2.14. The molecular formula is C17H19NO2. The van der Waals surface area contributed by atoms with Gasteiger partial charge in [-0.05, 0) is 24.6 Å². The maximum Gasteiger partial charge on any atom is 0.308 e. The third-order valence-electron chi connectivity index (χ3n) is 2.99. The van der Waals surface area contributed by atoms with Gasteiger partial charge < -0.3 is 10.1 Å². The molecule has 1 N–H and O–H groups in total. The van der Waals surface area contributed by atoms with E-state index in [1.807, 2.05) is 67.6 Å². The Morgan fingerprint density at radius 3 is 2.25 bits per heavy atom.